The lowest BCUT2D eigenvalue weighted by atomic mass is 9.81. The van der Waals surface area contributed by atoms with Crippen LogP contribution in [0.25, 0.3) is 0 Å². The number of allylic oxidation sites excluding steroid dienone is 4. The Morgan fingerprint density at radius 1 is 0.909 bits per heavy atom. The van der Waals surface area contributed by atoms with Gasteiger partial charge in [0.1, 0.15) is 12.7 Å². The van der Waals surface area contributed by atoms with Crippen LogP contribution in [-0.4, -0.2) is 34.2 Å². The van der Waals surface area contributed by atoms with E-state index in [1.165, 1.54) is 12.1 Å². The Balaban J connectivity index is 1.77. The molecular formula is C25H27N4O4+. The normalized spacial score (nSPS) is 19.3. The molecule has 0 aromatic heterocycles. The van der Waals surface area contributed by atoms with E-state index in [2.05, 4.69) is 27.7 Å². The third-order valence-corrected chi connectivity index (χ3v) is 6.95. The molecule has 8 heteroatoms. The van der Waals surface area contributed by atoms with Gasteiger partial charge in [-0.1, -0.05) is 44.2 Å². The fourth-order valence-corrected chi connectivity index (χ4v) is 5.30. The molecule has 0 aliphatic carbocycles. The summed E-state index contributed by atoms with van der Waals surface area (Å²) in [7, 11) is 3.69. The number of anilines is 1. The minimum absolute atomic E-state index is 0.0873. The largest absolute Gasteiger partial charge is 0.341 e. The first-order valence-electron chi connectivity index (χ1n) is 10.7. The first kappa shape index (κ1) is 22.4. The molecule has 0 fully saturated rings. The van der Waals surface area contributed by atoms with E-state index >= 15 is 0 Å². The molecule has 0 amide bonds. The number of nitro benzene ring substituents is 2. The molecular weight excluding hydrogens is 420 g/mol. The van der Waals surface area contributed by atoms with Crippen LogP contribution in [0.1, 0.15) is 38.8 Å². The van der Waals surface area contributed by atoms with Crippen molar-refractivity contribution in [1.29, 1.82) is 0 Å². The van der Waals surface area contributed by atoms with Gasteiger partial charge in [0.25, 0.3) is 11.4 Å². The predicted octanol–water partition coefficient (Wildman–Crippen LogP) is 5.38. The van der Waals surface area contributed by atoms with Crippen molar-refractivity contribution in [3.8, 4) is 0 Å². The number of benzene rings is 2. The number of fused-ring (bicyclic) bond motifs is 2. The minimum Gasteiger partial charge on any atom is -0.341 e. The van der Waals surface area contributed by atoms with Gasteiger partial charge in [0.2, 0.25) is 0 Å². The smallest absolute Gasteiger partial charge is 0.340 e. The molecule has 0 unspecified atom stereocenters. The minimum atomic E-state index is -0.413. The molecule has 2 aliphatic heterocycles. The molecule has 8 nitrogen and oxygen atoms in total. The monoisotopic (exact) mass is 447 g/mol. The van der Waals surface area contributed by atoms with Crippen LogP contribution in [0.5, 0.6) is 0 Å². The van der Waals surface area contributed by atoms with Gasteiger partial charge in [-0.25, -0.2) is 0 Å². The highest BCUT2D eigenvalue weighted by atomic mass is 16.6. The lowest BCUT2D eigenvalue weighted by Crippen LogP contribution is -2.26. The second kappa shape index (κ2) is 7.37. The van der Waals surface area contributed by atoms with Gasteiger partial charge in [-0.05, 0) is 25.5 Å². The zero-order chi connectivity index (χ0) is 24.3. The third kappa shape index (κ3) is 3.16. The molecule has 0 saturated heterocycles. The topological polar surface area (TPSA) is 92.5 Å². The second-order valence-electron chi connectivity index (χ2n) is 9.53. The maximum atomic E-state index is 11.6. The van der Waals surface area contributed by atoms with Crippen molar-refractivity contribution < 1.29 is 14.4 Å². The van der Waals surface area contributed by atoms with Crippen LogP contribution in [0, 0.1) is 20.2 Å². The summed E-state index contributed by atoms with van der Waals surface area (Å²) in [5, 5.41) is 23.2. The standard InChI is InChI=1S/C25H27N4O4/c1-24(2)16-10-7-12-18(28(30)31)22(16)26(5)20(24)14-9-15-21-25(3,4)17-11-8-13-19(29(32)33)23(17)27(21)6/h7-15H,1-6H3/q+1. The predicted molar refractivity (Wildman–Crippen MR) is 129 cm³/mol. The molecule has 4 rings (SSSR count). The summed E-state index contributed by atoms with van der Waals surface area (Å²) in [5.74, 6) is 0. The fraction of sp³-hybridized carbons (Fsp3) is 0.320. The van der Waals surface area contributed by atoms with E-state index in [-0.39, 0.29) is 21.2 Å². The fourth-order valence-electron chi connectivity index (χ4n) is 5.30. The first-order chi connectivity index (χ1) is 15.4. The van der Waals surface area contributed by atoms with Crippen LogP contribution in [0.2, 0.25) is 0 Å². The highest BCUT2D eigenvalue weighted by Gasteiger charge is 2.47. The summed E-state index contributed by atoms with van der Waals surface area (Å²) in [6.45, 7) is 8.21. The lowest BCUT2D eigenvalue weighted by Gasteiger charge is -2.23. The first-order valence-corrected chi connectivity index (χ1v) is 10.7. The highest BCUT2D eigenvalue weighted by Crippen LogP contribution is 2.50. The van der Waals surface area contributed by atoms with Crippen molar-refractivity contribution in [2.75, 3.05) is 19.0 Å². The van der Waals surface area contributed by atoms with E-state index < -0.39 is 10.8 Å². The van der Waals surface area contributed by atoms with Crippen LogP contribution in [0.3, 0.4) is 0 Å². The number of rotatable bonds is 4. The second-order valence-corrected chi connectivity index (χ2v) is 9.53. The van der Waals surface area contributed by atoms with Crippen LogP contribution in [0.4, 0.5) is 22.7 Å². The van der Waals surface area contributed by atoms with Crippen LogP contribution >= 0.6 is 0 Å². The molecule has 2 aromatic rings. The highest BCUT2D eigenvalue weighted by molar-refractivity contribution is 6.04. The van der Waals surface area contributed by atoms with Gasteiger partial charge in [0.15, 0.2) is 5.71 Å². The van der Waals surface area contributed by atoms with E-state index in [0.717, 1.165) is 22.5 Å². The Morgan fingerprint density at radius 2 is 1.48 bits per heavy atom. The maximum Gasteiger partial charge on any atom is 0.340 e. The molecule has 0 bridgehead atoms. The van der Waals surface area contributed by atoms with Gasteiger partial charge < -0.3 is 4.90 Å². The van der Waals surface area contributed by atoms with Gasteiger partial charge in [0, 0.05) is 41.9 Å². The quantitative estimate of drug-likeness (QED) is 0.357. The summed E-state index contributed by atoms with van der Waals surface area (Å²) in [5.41, 5.74) is 4.26. The van der Waals surface area contributed by atoms with Gasteiger partial charge in [-0.2, -0.15) is 4.58 Å². The molecule has 0 atom stereocenters. The number of nitrogens with zero attached hydrogens (tertiary/aromatic N) is 4. The molecule has 170 valence electrons. The van der Waals surface area contributed by atoms with Gasteiger partial charge >= 0.3 is 5.69 Å². The van der Waals surface area contributed by atoms with Crippen LogP contribution in [0.15, 0.2) is 60.3 Å². The molecule has 2 heterocycles. The van der Waals surface area contributed by atoms with Crippen molar-refractivity contribution in [1.82, 2.24) is 0 Å². The molecule has 0 N–H and O–H groups in total. The maximum absolute atomic E-state index is 11.6. The molecule has 33 heavy (non-hydrogen) atoms. The average molecular weight is 448 g/mol. The summed E-state index contributed by atoms with van der Waals surface area (Å²) in [6.07, 6.45) is 5.87. The Kier molecular flexibility index (Phi) is 5.00. The Bertz CT molecular complexity index is 1300. The molecule has 0 radical (unpaired) electrons. The van der Waals surface area contributed by atoms with E-state index in [1.54, 1.807) is 12.1 Å². The van der Waals surface area contributed by atoms with Crippen molar-refractivity contribution >= 4 is 28.5 Å². The van der Waals surface area contributed by atoms with Crippen LogP contribution in [-0.2, 0) is 10.8 Å². The molecule has 0 saturated carbocycles. The summed E-state index contributed by atoms with van der Waals surface area (Å²) >= 11 is 0. The van der Waals surface area contributed by atoms with E-state index in [1.807, 2.05) is 53.9 Å². The van der Waals surface area contributed by atoms with Crippen molar-refractivity contribution in [3.05, 3.63) is 91.7 Å². The van der Waals surface area contributed by atoms with E-state index in [9.17, 15) is 20.2 Å². The van der Waals surface area contributed by atoms with E-state index in [0.29, 0.717) is 11.4 Å². The Hall–Kier alpha value is -3.81. The van der Waals surface area contributed by atoms with Crippen molar-refractivity contribution in [2.45, 2.75) is 38.5 Å². The van der Waals surface area contributed by atoms with E-state index in [4.69, 9.17) is 0 Å². The number of hydrogen-bond acceptors (Lipinski definition) is 5. The Labute approximate surface area is 192 Å². The SMILES string of the molecule is CN1C(=CC=CC2=[N+](C)c3c([N+](=O)[O-])cccc3C2(C)C)C(C)(C)c2cccc([N+](=O)[O-])c21. The summed E-state index contributed by atoms with van der Waals surface area (Å²) in [6, 6.07) is 10.4. The van der Waals surface area contributed by atoms with Crippen molar-refractivity contribution in [2.24, 2.45) is 0 Å². The molecule has 0 spiro atoms. The zero-order valence-electron chi connectivity index (χ0n) is 19.6. The van der Waals surface area contributed by atoms with Gasteiger partial charge in [0.05, 0.1) is 15.3 Å². The average Bonchev–Trinajstić information content (AvgIpc) is 3.07. The number of nitro groups is 2. The van der Waals surface area contributed by atoms with Gasteiger partial charge in [-0.3, -0.25) is 20.2 Å². The Morgan fingerprint density at radius 3 is 2.09 bits per heavy atom. The number of likely N-dealkylation sites (N-methyl/N-ethyl adjacent to an activating group) is 1. The summed E-state index contributed by atoms with van der Waals surface area (Å²) < 4.78 is 1.88. The lowest BCUT2D eigenvalue weighted by molar-refractivity contribution is -0.430. The number of para-hydroxylation sites is 2. The van der Waals surface area contributed by atoms with Gasteiger partial charge in [-0.15, -0.1) is 0 Å². The molecule has 2 aromatic carbocycles. The number of hydrogen-bond donors (Lipinski definition) is 0. The summed E-state index contributed by atoms with van der Waals surface area (Å²) in [4.78, 5) is 24.4. The third-order valence-electron chi connectivity index (χ3n) is 6.95. The van der Waals surface area contributed by atoms with Crippen molar-refractivity contribution in [3.63, 3.8) is 0 Å². The molecule has 2 aliphatic rings. The zero-order valence-corrected chi connectivity index (χ0v) is 19.6. The van der Waals surface area contributed by atoms with Crippen LogP contribution < -0.4 is 4.90 Å².